The van der Waals surface area contributed by atoms with Gasteiger partial charge in [-0.15, -0.1) is 11.3 Å². The van der Waals surface area contributed by atoms with Crippen molar-refractivity contribution in [1.29, 1.82) is 0 Å². The summed E-state index contributed by atoms with van der Waals surface area (Å²) >= 11 is 7.37. The van der Waals surface area contributed by atoms with Crippen LogP contribution in [0.3, 0.4) is 0 Å². The molecule has 0 aliphatic rings. The lowest BCUT2D eigenvalue weighted by atomic mass is 10.1. The standard InChI is InChI=1S/C12H11ClN2OS/c1-7-5-9(3-4-10(7)13)11-6-17-12(15-11)14-8(2)16/h3-6H,1-2H3,(H,14,15,16). The lowest BCUT2D eigenvalue weighted by Gasteiger charge is -2.01. The molecule has 0 bridgehead atoms. The molecule has 1 heterocycles. The average Bonchev–Trinajstić information content (AvgIpc) is 2.69. The molecule has 0 spiro atoms. The van der Waals surface area contributed by atoms with E-state index in [9.17, 15) is 4.79 Å². The van der Waals surface area contributed by atoms with Crippen LogP contribution in [-0.2, 0) is 4.79 Å². The quantitative estimate of drug-likeness (QED) is 0.900. The Balaban J connectivity index is 2.30. The number of nitrogens with one attached hydrogen (secondary N) is 1. The molecule has 0 fully saturated rings. The summed E-state index contributed by atoms with van der Waals surface area (Å²) in [4.78, 5) is 15.2. The zero-order valence-electron chi connectivity index (χ0n) is 9.45. The SMILES string of the molecule is CC(=O)Nc1nc(-c2ccc(Cl)c(C)c2)cs1. The van der Waals surface area contributed by atoms with E-state index >= 15 is 0 Å². The first-order valence-corrected chi connectivity index (χ1v) is 6.31. The van der Waals surface area contributed by atoms with Gasteiger partial charge in [0.05, 0.1) is 5.69 Å². The molecule has 1 N–H and O–H groups in total. The predicted octanol–water partition coefficient (Wildman–Crippen LogP) is 3.73. The summed E-state index contributed by atoms with van der Waals surface area (Å²) in [6, 6.07) is 5.75. The topological polar surface area (TPSA) is 42.0 Å². The number of aryl methyl sites for hydroxylation is 1. The fourth-order valence-corrected chi connectivity index (χ4v) is 2.30. The van der Waals surface area contributed by atoms with Gasteiger partial charge in [0.2, 0.25) is 5.91 Å². The predicted molar refractivity (Wildman–Crippen MR) is 71.6 cm³/mol. The van der Waals surface area contributed by atoms with Crippen molar-refractivity contribution >= 4 is 34.0 Å². The Hall–Kier alpha value is -1.39. The molecule has 2 rings (SSSR count). The highest BCUT2D eigenvalue weighted by Crippen LogP contribution is 2.27. The highest BCUT2D eigenvalue weighted by Gasteiger charge is 2.06. The van der Waals surface area contributed by atoms with E-state index in [4.69, 9.17) is 11.6 Å². The molecule has 0 aliphatic carbocycles. The zero-order chi connectivity index (χ0) is 12.4. The third-order valence-corrected chi connectivity index (χ3v) is 3.42. The van der Waals surface area contributed by atoms with Crippen LogP contribution in [0.2, 0.25) is 5.02 Å². The van der Waals surface area contributed by atoms with Gasteiger partial charge < -0.3 is 5.32 Å². The molecule has 1 amide bonds. The number of anilines is 1. The fourth-order valence-electron chi connectivity index (χ4n) is 1.42. The first-order chi connectivity index (χ1) is 8.06. The van der Waals surface area contributed by atoms with Gasteiger partial charge in [0, 0.05) is 22.9 Å². The number of halogens is 1. The molecule has 1 aromatic heterocycles. The van der Waals surface area contributed by atoms with Crippen molar-refractivity contribution in [2.24, 2.45) is 0 Å². The van der Waals surface area contributed by atoms with Crippen LogP contribution in [0, 0.1) is 6.92 Å². The van der Waals surface area contributed by atoms with Crippen LogP contribution in [-0.4, -0.2) is 10.9 Å². The number of carbonyl (C=O) groups excluding carboxylic acids is 1. The third-order valence-electron chi connectivity index (χ3n) is 2.24. The first-order valence-electron chi connectivity index (χ1n) is 5.06. The van der Waals surface area contributed by atoms with Crippen molar-refractivity contribution in [2.45, 2.75) is 13.8 Å². The van der Waals surface area contributed by atoms with Crippen LogP contribution >= 0.6 is 22.9 Å². The minimum Gasteiger partial charge on any atom is -0.302 e. The summed E-state index contributed by atoms with van der Waals surface area (Å²) < 4.78 is 0. The Morgan fingerprint density at radius 1 is 1.47 bits per heavy atom. The Morgan fingerprint density at radius 3 is 2.88 bits per heavy atom. The van der Waals surface area contributed by atoms with E-state index in [2.05, 4.69) is 10.3 Å². The smallest absolute Gasteiger partial charge is 0.223 e. The fraction of sp³-hybridized carbons (Fsp3) is 0.167. The van der Waals surface area contributed by atoms with E-state index in [-0.39, 0.29) is 5.91 Å². The van der Waals surface area contributed by atoms with Gasteiger partial charge in [-0.1, -0.05) is 17.7 Å². The Bertz CT molecular complexity index is 565. The Labute approximate surface area is 108 Å². The third kappa shape index (κ3) is 2.84. The van der Waals surface area contributed by atoms with Crippen molar-refractivity contribution in [3.8, 4) is 11.3 Å². The normalized spacial score (nSPS) is 10.3. The highest BCUT2D eigenvalue weighted by atomic mass is 35.5. The molecular formula is C12H11ClN2OS. The molecule has 0 radical (unpaired) electrons. The van der Waals surface area contributed by atoms with E-state index < -0.39 is 0 Å². The Morgan fingerprint density at radius 2 is 2.24 bits per heavy atom. The maximum atomic E-state index is 10.9. The average molecular weight is 267 g/mol. The van der Waals surface area contributed by atoms with Crippen LogP contribution in [0.15, 0.2) is 23.6 Å². The minimum absolute atomic E-state index is 0.113. The molecule has 0 saturated heterocycles. The van der Waals surface area contributed by atoms with Crippen molar-refractivity contribution in [1.82, 2.24) is 4.98 Å². The van der Waals surface area contributed by atoms with Gasteiger partial charge in [0.1, 0.15) is 0 Å². The lowest BCUT2D eigenvalue weighted by Crippen LogP contribution is -2.04. The van der Waals surface area contributed by atoms with E-state index in [1.165, 1.54) is 18.3 Å². The van der Waals surface area contributed by atoms with Crippen molar-refractivity contribution in [3.63, 3.8) is 0 Å². The van der Waals surface area contributed by atoms with Crippen molar-refractivity contribution in [3.05, 3.63) is 34.2 Å². The number of rotatable bonds is 2. The molecule has 0 unspecified atom stereocenters. The second-order valence-corrected chi connectivity index (χ2v) is 4.95. The second kappa shape index (κ2) is 4.85. The summed E-state index contributed by atoms with van der Waals surface area (Å²) in [7, 11) is 0. The molecule has 2 aromatic rings. The van der Waals surface area contributed by atoms with Gasteiger partial charge in [-0.2, -0.15) is 0 Å². The van der Waals surface area contributed by atoms with Gasteiger partial charge in [-0.05, 0) is 24.6 Å². The van der Waals surface area contributed by atoms with Crippen LogP contribution < -0.4 is 5.32 Å². The number of hydrogen-bond acceptors (Lipinski definition) is 3. The van der Waals surface area contributed by atoms with Crippen molar-refractivity contribution in [2.75, 3.05) is 5.32 Å². The first kappa shape index (κ1) is 12.1. The number of aromatic nitrogens is 1. The van der Waals surface area contributed by atoms with Gasteiger partial charge >= 0.3 is 0 Å². The molecule has 0 saturated carbocycles. The number of amides is 1. The van der Waals surface area contributed by atoms with Gasteiger partial charge in [0.15, 0.2) is 5.13 Å². The van der Waals surface area contributed by atoms with Crippen LogP contribution in [0.4, 0.5) is 5.13 Å². The maximum Gasteiger partial charge on any atom is 0.223 e. The highest BCUT2D eigenvalue weighted by molar-refractivity contribution is 7.14. The summed E-state index contributed by atoms with van der Waals surface area (Å²) in [6.07, 6.45) is 0. The largest absolute Gasteiger partial charge is 0.302 e. The van der Waals surface area contributed by atoms with Crippen molar-refractivity contribution < 1.29 is 4.79 Å². The zero-order valence-corrected chi connectivity index (χ0v) is 11.0. The molecule has 3 nitrogen and oxygen atoms in total. The lowest BCUT2D eigenvalue weighted by molar-refractivity contribution is -0.114. The number of thiazole rings is 1. The summed E-state index contributed by atoms with van der Waals surface area (Å²) in [5, 5.41) is 5.93. The number of carbonyl (C=O) groups is 1. The van der Waals surface area contributed by atoms with Crippen LogP contribution in [0.5, 0.6) is 0 Å². The number of benzene rings is 1. The number of nitrogens with zero attached hydrogens (tertiary/aromatic N) is 1. The van der Waals surface area contributed by atoms with Gasteiger partial charge in [0.25, 0.3) is 0 Å². The molecule has 17 heavy (non-hydrogen) atoms. The summed E-state index contributed by atoms with van der Waals surface area (Å²) in [5.74, 6) is -0.113. The Kier molecular flexibility index (Phi) is 3.45. The monoisotopic (exact) mass is 266 g/mol. The van der Waals surface area contributed by atoms with E-state index in [1.54, 1.807) is 0 Å². The molecule has 5 heteroatoms. The van der Waals surface area contributed by atoms with Crippen LogP contribution in [0.25, 0.3) is 11.3 Å². The van der Waals surface area contributed by atoms with Crippen LogP contribution in [0.1, 0.15) is 12.5 Å². The van der Waals surface area contributed by atoms with E-state index in [0.29, 0.717) is 5.13 Å². The molecule has 0 aliphatic heterocycles. The molecule has 1 aromatic carbocycles. The summed E-state index contributed by atoms with van der Waals surface area (Å²) in [5.41, 5.74) is 2.86. The van der Waals surface area contributed by atoms with E-state index in [1.807, 2.05) is 30.5 Å². The summed E-state index contributed by atoms with van der Waals surface area (Å²) in [6.45, 7) is 3.42. The molecular weight excluding hydrogens is 256 g/mol. The number of hydrogen-bond donors (Lipinski definition) is 1. The van der Waals surface area contributed by atoms with Gasteiger partial charge in [-0.25, -0.2) is 4.98 Å². The second-order valence-electron chi connectivity index (χ2n) is 3.68. The van der Waals surface area contributed by atoms with E-state index in [0.717, 1.165) is 21.8 Å². The molecule has 88 valence electrons. The molecule has 0 atom stereocenters. The maximum absolute atomic E-state index is 10.9. The van der Waals surface area contributed by atoms with Gasteiger partial charge in [-0.3, -0.25) is 4.79 Å². The minimum atomic E-state index is -0.113.